The van der Waals surface area contributed by atoms with E-state index < -0.39 is 6.04 Å². The summed E-state index contributed by atoms with van der Waals surface area (Å²) in [5.41, 5.74) is 1.62. The molecule has 0 heterocycles. The molecule has 2 rings (SSSR count). The summed E-state index contributed by atoms with van der Waals surface area (Å²) in [6, 6.07) is 12.8. The van der Waals surface area contributed by atoms with E-state index in [0.717, 1.165) is 10.0 Å². The lowest BCUT2D eigenvalue weighted by atomic mass is 10.1. The standard InChI is InChI=1S/C19H20BrFN2O2/c1-13(19(25)22-2)23(12-15-4-3-5-16(20)10-15)18(24)11-14-6-8-17(21)9-7-14/h3-10,13H,11-12H2,1-2H3,(H,22,25)/t13-/m1/s1. The van der Waals surface area contributed by atoms with Gasteiger partial charge < -0.3 is 10.2 Å². The van der Waals surface area contributed by atoms with E-state index in [0.29, 0.717) is 12.1 Å². The number of rotatable bonds is 6. The van der Waals surface area contributed by atoms with Gasteiger partial charge in [0.05, 0.1) is 6.42 Å². The molecule has 2 aromatic rings. The minimum atomic E-state index is -0.614. The Morgan fingerprint density at radius 2 is 1.84 bits per heavy atom. The third kappa shape index (κ3) is 5.39. The van der Waals surface area contributed by atoms with Crippen LogP contribution >= 0.6 is 15.9 Å². The molecule has 0 fully saturated rings. The molecule has 6 heteroatoms. The van der Waals surface area contributed by atoms with Crippen LogP contribution in [0.15, 0.2) is 53.0 Å². The molecule has 0 saturated carbocycles. The average molecular weight is 407 g/mol. The zero-order valence-electron chi connectivity index (χ0n) is 14.1. The average Bonchev–Trinajstić information content (AvgIpc) is 2.60. The van der Waals surface area contributed by atoms with Crippen molar-refractivity contribution in [3.8, 4) is 0 Å². The summed E-state index contributed by atoms with van der Waals surface area (Å²) in [5, 5.41) is 2.58. The number of hydrogen-bond donors (Lipinski definition) is 1. The van der Waals surface area contributed by atoms with Crippen molar-refractivity contribution in [2.24, 2.45) is 0 Å². The van der Waals surface area contributed by atoms with E-state index in [4.69, 9.17) is 0 Å². The molecule has 2 amide bonds. The van der Waals surface area contributed by atoms with Crippen LogP contribution in [0.2, 0.25) is 0 Å². The van der Waals surface area contributed by atoms with Gasteiger partial charge in [-0.15, -0.1) is 0 Å². The van der Waals surface area contributed by atoms with Crippen molar-refractivity contribution < 1.29 is 14.0 Å². The largest absolute Gasteiger partial charge is 0.357 e. The van der Waals surface area contributed by atoms with Crippen molar-refractivity contribution in [3.63, 3.8) is 0 Å². The van der Waals surface area contributed by atoms with Crippen LogP contribution in [0.4, 0.5) is 4.39 Å². The van der Waals surface area contributed by atoms with Crippen molar-refractivity contribution in [2.45, 2.75) is 25.9 Å². The zero-order chi connectivity index (χ0) is 18.4. The van der Waals surface area contributed by atoms with Crippen molar-refractivity contribution in [3.05, 3.63) is 69.9 Å². The van der Waals surface area contributed by atoms with Crippen LogP contribution in [-0.2, 0) is 22.6 Å². The van der Waals surface area contributed by atoms with Gasteiger partial charge in [-0.1, -0.05) is 40.2 Å². The Morgan fingerprint density at radius 3 is 2.44 bits per heavy atom. The highest BCUT2D eigenvalue weighted by Gasteiger charge is 2.25. The molecule has 0 aliphatic carbocycles. The van der Waals surface area contributed by atoms with Gasteiger partial charge >= 0.3 is 0 Å². The van der Waals surface area contributed by atoms with Gasteiger partial charge in [0.1, 0.15) is 11.9 Å². The van der Waals surface area contributed by atoms with Gasteiger partial charge in [-0.2, -0.15) is 0 Å². The molecule has 0 radical (unpaired) electrons. The first kappa shape index (κ1) is 19.1. The van der Waals surface area contributed by atoms with Crippen molar-refractivity contribution in [1.82, 2.24) is 10.2 Å². The molecule has 0 saturated heterocycles. The number of hydrogen-bond acceptors (Lipinski definition) is 2. The van der Waals surface area contributed by atoms with Gasteiger partial charge in [0, 0.05) is 18.1 Å². The van der Waals surface area contributed by atoms with Crippen molar-refractivity contribution in [2.75, 3.05) is 7.05 Å². The minimum absolute atomic E-state index is 0.107. The van der Waals surface area contributed by atoms with E-state index in [1.165, 1.54) is 17.0 Å². The van der Waals surface area contributed by atoms with E-state index in [2.05, 4.69) is 21.2 Å². The van der Waals surface area contributed by atoms with Crippen LogP contribution in [0.1, 0.15) is 18.1 Å². The molecule has 0 bridgehead atoms. The molecule has 25 heavy (non-hydrogen) atoms. The monoisotopic (exact) mass is 406 g/mol. The molecule has 0 spiro atoms. The maximum atomic E-state index is 13.0. The minimum Gasteiger partial charge on any atom is -0.357 e. The molecule has 1 N–H and O–H groups in total. The predicted molar refractivity (Wildman–Crippen MR) is 98.3 cm³/mol. The highest BCUT2D eigenvalue weighted by molar-refractivity contribution is 9.10. The fraction of sp³-hybridized carbons (Fsp3) is 0.263. The molecule has 0 aliphatic rings. The molecule has 0 aromatic heterocycles. The topological polar surface area (TPSA) is 49.4 Å². The second kappa shape index (κ2) is 8.76. The van der Waals surface area contributed by atoms with E-state index in [-0.39, 0.29) is 24.1 Å². The van der Waals surface area contributed by atoms with Crippen LogP contribution in [0.5, 0.6) is 0 Å². The van der Waals surface area contributed by atoms with E-state index in [1.807, 2.05) is 24.3 Å². The Hall–Kier alpha value is -2.21. The molecular formula is C19H20BrFN2O2. The summed E-state index contributed by atoms with van der Waals surface area (Å²) in [6.07, 6.45) is 0.107. The van der Waals surface area contributed by atoms with Crippen LogP contribution in [0, 0.1) is 5.82 Å². The maximum Gasteiger partial charge on any atom is 0.242 e. The molecule has 1 atom stereocenters. The Morgan fingerprint density at radius 1 is 1.16 bits per heavy atom. The molecule has 132 valence electrons. The fourth-order valence-electron chi connectivity index (χ4n) is 2.50. The van der Waals surface area contributed by atoms with Crippen LogP contribution in [0.3, 0.4) is 0 Å². The number of carbonyl (C=O) groups is 2. The van der Waals surface area contributed by atoms with Crippen LogP contribution in [-0.4, -0.2) is 29.8 Å². The molecule has 0 unspecified atom stereocenters. The SMILES string of the molecule is CNC(=O)[C@@H](C)N(Cc1cccc(Br)c1)C(=O)Cc1ccc(F)cc1. The lowest BCUT2D eigenvalue weighted by molar-refractivity contribution is -0.139. The number of nitrogens with one attached hydrogen (secondary N) is 1. The Labute approximate surface area is 155 Å². The molecular weight excluding hydrogens is 387 g/mol. The number of halogens is 2. The summed E-state index contributed by atoms with van der Waals surface area (Å²) < 4.78 is 13.9. The first-order chi connectivity index (χ1) is 11.9. The van der Waals surface area contributed by atoms with E-state index in [9.17, 15) is 14.0 Å². The van der Waals surface area contributed by atoms with E-state index in [1.54, 1.807) is 26.1 Å². The second-order valence-corrected chi connectivity index (χ2v) is 6.66. The summed E-state index contributed by atoms with van der Waals surface area (Å²) >= 11 is 3.41. The van der Waals surface area contributed by atoms with E-state index >= 15 is 0 Å². The predicted octanol–water partition coefficient (Wildman–Crippen LogP) is 3.29. The summed E-state index contributed by atoms with van der Waals surface area (Å²) in [4.78, 5) is 26.4. The maximum absolute atomic E-state index is 13.0. The Bertz CT molecular complexity index is 749. The van der Waals surface area contributed by atoms with Crippen molar-refractivity contribution in [1.29, 1.82) is 0 Å². The number of carbonyl (C=O) groups excluding carboxylic acids is 2. The third-order valence-corrected chi connectivity index (χ3v) is 4.42. The number of amides is 2. The first-order valence-electron chi connectivity index (χ1n) is 7.90. The van der Waals surface area contributed by atoms with Crippen LogP contribution < -0.4 is 5.32 Å². The number of benzene rings is 2. The first-order valence-corrected chi connectivity index (χ1v) is 8.70. The normalized spacial score (nSPS) is 11.7. The number of likely N-dealkylation sites (N-methyl/N-ethyl adjacent to an activating group) is 1. The van der Waals surface area contributed by atoms with Gasteiger partial charge in [0.15, 0.2) is 0 Å². The lowest BCUT2D eigenvalue weighted by Crippen LogP contribution is -2.47. The van der Waals surface area contributed by atoms with Gasteiger partial charge in [-0.05, 0) is 42.3 Å². The van der Waals surface area contributed by atoms with Gasteiger partial charge in [-0.3, -0.25) is 9.59 Å². The zero-order valence-corrected chi connectivity index (χ0v) is 15.7. The third-order valence-electron chi connectivity index (χ3n) is 3.92. The summed E-state index contributed by atoms with van der Waals surface area (Å²) in [6.45, 7) is 2.01. The second-order valence-electron chi connectivity index (χ2n) is 5.75. The molecule has 4 nitrogen and oxygen atoms in total. The van der Waals surface area contributed by atoms with Crippen molar-refractivity contribution >= 4 is 27.7 Å². The number of nitrogens with zero attached hydrogens (tertiary/aromatic N) is 1. The highest BCUT2D eigenvalue weighted by Crippen LogP contribution is 2.16. The van der Waals surface area contributed by atoms with Gasteiger partial charge in [0.2, 0.25) is 11.8 Å². The van der Waals surface area contributed by atoms with Crippen LogP contribution in [0.25, 0.3) is 0 Å². The quantitative estimate of drug-likeness (QED) is 0.799. The Balaban J connectivity index is 2.21. The summed E-state index contributed by atoms with van der Waals surface area (Å²) in [5.74, 6) is -0.772. The smallest absolute Gasteiger partial charge is 0.242 e. The molecule has 0 aliphatic heterocycles. The fourth-order valence-corrected chi connectivity index (χ4v) is 2.95. The highest BCUT2D eigenvalue weighted by atomic mass is 79.9. The van der Waals surface area contributed by atoms with Gasteiger partial charge in [-0.25, -0.2) is 4.39 Å². The Kier molecular flexibility index (Phi) is 6.70. The molecule has 2 aromatic carbocycles. The summed E-state index contributed by atoms with van der Waals surface area (Å²) in [7, 11) is 1.54. The lowest BCUT2D eigenvalue weighted by Gasteiger charge is -2.28. The van der Waals surface area contributed by atoms with Gasteiger partial charge in [0.25, 0.3) is 0 Å².